The van der Waals surface area contributed by atoms with E-state index in [4.69, 9.17) is 0 Å². The second-order valence-corrected chi connectivity index (χ2v) is 7.83. The van der Waals surface area contributed by atoms with Crippen LogP contribution in [0.1, 0.15) is 29.5 Å². The van der Waals surface area contributed by atoms with E-state index in [0.717, 1.165) is 11.0 Å². The predicted molar refractivity (Wildman–Crippen MR) is 93.2 cm³/mol. The first kappa shape index (κ1) is 23.2. The molecule has 4 heterocycles. The summed E-state index contributed by atoms with van der Waals surface area (Å²) >= 11 is 0. The quantitative estimate of drug-likeness (QED) is 0.627. The van der Waals surface area contributed by atoms with Crippen LogP contribution in [0.5, 0.6) is 0 Å². The molecular weight excluding hydrogens is 470 g/mol. The maximum atomic E-state index is 14.3. The number of hydrogen-bond acceptors (Lipinski definition) is 4. The standard InChI is InChI=1S/C18H15F8N5O2/c19-9-6-29(7-9)15(32)13-10(17(21,22)23)1-2-11-28-30(16(33)31(11)13)5-8-3-4-27-14(12(8)20)18(24,25)26/h3-4,9-10,13H,1-2,5-7H2. The van der Waals surface area contributed by atoms with Crippen molar-refractivity contribution in [2.24, 2.45) is 5.92 Å². The molecule has 180 valence electrons. The highest BCUT2D eigenvalue weighted by Gasteiger charge is 2.53. The summed E-state index contributed by atoms with van der Waals surface area (Å²) in [6, 6.07) is -1.17. The molecule has 2 aliphatic heterocycles. The van der Waals surface area contributed by atoms with Gasteiger partial charge in [-0.25, -0.2) is 23.2 Å². The SMILES string of the molecule is O=C(C1C(C(F)(F)F)CCc2nn(Cc3ccnc(C(F)(F)F)c3F)c(=O)n21)N1CC(F)C1. The Bertz CT molecular complexity index is 1130. The zero-order valence-electron chi connectivity index (χ0n) is 16.5. The average Bonchev–Trinajstić information content (AvgIpc) is 3.00. The van der Waals surface area contributed by atoms with Gasteiger partial charge in [-0.2, -0.15) is 31.4 Å². The Morgan fingerprint density at radius 2 is 1.82 bits per heavy atom. The molecule has 15 heteroatoms. The summed E-state index contributed by atoms with van der Waals surface area (Å²) in [6.07, 6.45) is -11.6. The van der Waals surface area contributed by atoms with E-state index in [-0.39, 0.29) is 12.2 Å². The minimum absolute atomic E-state index is 0.207. The highest BCUT2D eigenvalue weighted by atomic mass is 19.4. The van der Waals surface area contributed by atoms with Crippen LogP contribution in [0, 0.1) is 11.7 Å². The van der Waals surface area contributed by atoms with E-state index >= 15 is 0 Å². The monoisotopic (exact) mass is 485 g/mol. The Hall–Kier alpha value is -3.00. The first-order valence-electron chi connectivity index (χ1n) is 9.67. The summed E-state index contributed by atoms with van der Waals surface area (Å²) < 4.78 is 108. The maximum Gasteiger partial charge on any atom is 0.436 e. The van der Waals surface area contributed by atoms with E-state index < -0.39 is 85.2 Å². The Labute approximate surface area is 179 Å². The minimum atomic E-state index is -5.11. The molecule has 0 N–H and O–H groups in total. The van der Waals surface area contributed by atoms with Crippen LogP contribution in [0.3, 0.4) is 0 Å². The first-order valence-corrected chi connectivity index (χ1v) is 9.67. The Morgan fingerprint density at radius 1 is 1.15 bits per heavy atom. The van der Waals surface area contributed by atoms with Gasteiger partial charge < -0.3 is 4.90 Å². The molecule has 0 aromatic carbocycles. The summed E-state index contributed by atoms with van der Waals surface area (Å²) in [4.78, 5) is 29.4. The minimum Gasteiger partial charge on any atom is -0.335 e. The molecule has 0 radical (unpaired) electrons. The molecule has 1 fully saturated rings. The van der Waals surface area contributed by atoms with Crippen molar-refractivity contribution in [2.75, 3.05) is 13.1 Å². The van der Waals surface area contributed by atoms with E-state index in [1.807, 2.05) is 0 Å². The van der Waals surface area contributed by atoms with Crippen molar-refractivity contribution in [1.29, 1.82) is 0 Å². The van der Waals surface area contributed by atoms with Gasteiger partial charge in [0.1, 0.15) is 18.0 Å². The smallest absolute Gasteiger partial charge is 0.335 e. The van der Waals surface area contributed by atoms with Crippen LogP contribution in [0.2, 0.25) is 0 Å². The van der Waals surface area contributed by atoms with Crippen LogP contribution in [-0.2, 0) is 23.9 Å². The number of carbonyl (C=O) groups is 1. The van der Waals surface area contributed by atoms with Crippen molar-refractivity contribution in [3.05, 3.63) is 45.6 Å². The molecule has 2 aromatic heterocycles. The highest BCUT2D eigenvalue weighted by Crippen LogP contribution is 2.42. The molecule has 2 aromatic rings. The number of hydrogen-bond donors (Lipinski definition) is 0. The van der Waals surface area contributed by atoms with Crippen LogP contribution in [-0.4, -0.2) is 55.6 Å². The predicted octanol–water partition coefficient (Wildman–Crippen LogP) is 2.49. The van der Waals surface area contributed by atoms with Gasteiger partial charge in [0.25, 0.3) is 0 Å². The third-order valence-electron chi connectivity index (χ3n) is 5.66. The lowest BCUT2D eigenvalue weighted by Gasteiger charge is -2.40. The van der Waals surface area contributed by atoms with Gasteiger partial charge in [-0.1, -0.05) is 0 Å². The fraction of sp³-hybridized carbons (Fsp3) is 0.556. The maximum absolute atomic E-state index is 14.3. The lowest BCUT2D eigenvalue weighted by molar-refractivity contribution is -0.198. The van der Waals surface area contributed by atoms with E-state index in [1.165, 1.54) is 0 Å². The number of carbonyl (C=O) groups excluding carboxylic acids is 1. The number of aromatic nitrogens is 4. The number of amides is 1. The van der Waals surface area contributed by atoms with Crippen LogP contribution >= 0.6 is 0 Å². The highest BCUT2D eigenvalue weighted by molar-refractivity contribution is 5.82. The van der Waals surface area contributed by atoms with Crippen molar-refractivity contribution >= 4 is 5.91 Å². The fourth-order valence-electron chi connectivity index (χ4n) is 4.02. The zero-order chi connectivity index (χ0) is 24.3. The largest absolute Gasteiger partial charge is 0.436 e. The summed E-state index contributed by atoms with van der Waals surface area (Å²) in [5.74, 6) is -5.32. The van der Waals surface area contributed by atoms with Crippen molar-refractivity contribution in [2.45, 2.75) is 44.0 Å². The third-order valence-corrected chi connectivity index (χ3v) is 5.66. The molecule has 7 nitrogen and oxygen atoms in total. The van der Waals surface area contributed by atoms with E-state index in [2.05, 4.69) is 10.1 Å². The zero-order valence-corrected chi connectivity index (χ0v) is 16.5. The number of pyridine rings is 1. The van der Waals surface area contributed by atoms with Gasteiger partial charge >= 0.3 is 18.0 Å². The number of halogens is 8. The second-order valence-electron chi connectivity index (χ2n) is 7.83. The number of aryl methyl sites for hydroxylation is 1. The van der Waals surface area contributed by atoms with Gasteiger partial charge in [-0.15, -0.1) is 0 Å². The molecule has 33 heavy (non-hydrogen) atoms. The average molecular weight is 485 g/mol. The van der Waals surface area contributed by atoms with Gasteiger partial charge in [0.2, 0.25) is 5.91 Å². The summed E-state index contributed by atoms with van der Waals surface area (Å²) in [5, 5.41) is 3.83. The molecule has 4 rings (SSSR count). The Kier molecular flexibility index (Phi) is 5.47. The lowest BCUT2D eigenvalue weighted by atomic mass is 9.88. The molecule has 0 bridgehead atoms. The van der Waals surface area contributed by atoms with Crippen molar-refractivity contribution in [1.82, 2.24) is 24.2 Å². The van der Waals surface area contributed by atoms with E-state index in [9.17, 15) is 44.7 Å². The normalized spacial score (nSPS) is 21.6. The summed E-state index contributed by atoms with van der Waals surface area (Å²) in [7, 11) is 0. The van der Waals surface area contributed by atoms with Crippen molar-refractivity contribution in [3.8, 4) is 0 Å². The van der Waals surface area contributed by atoms with Gasteiger partial charge in [-0.3, -0.25) is 9.36 Å². The van der Waals surface area contributed by atoms with Gasteiger partial charge in [0.15, 0.2) is 11.5 Å². The molecule has 2 unspecified atom stereocenters. The number of fused-ring (bicyclic) bond motifs is 1. The van der Waals surface area contributed by atoms with Gasteiger partial charge in [0, 0.05) is 18.2 Å². The van der Waals surface area contributed by atoms with E-state index in [0.29, 0.717) is 15.4 Å². The topological polar surface area (TPSA) is 73.0 Å². The molecule has 2 aliphatic rings. The van der Waals surface area contributed by atoms with Crippen LogP contribution < -0.4 is 5.69 Å². The molecule has 1 saturated heterocycles. The summed E-state index contributed by atoms with van der Waals surface area (Å²) in [6.45, 7) is -1.66. The van der Waals surface area contributed by atoms with Crippen LogP contribution in [0.25, 0.3) is 0 Å². The second kappa shape index (κ2) is 7.80. The molecule has 2 atom stereocenters. The summed E-state index contributed by atoms with van der Waals surface area (Å²) in [5.41, 5.74) is -3.66. The number of rotatable bonds is 3. The molecule has 0 spiro atoms. The Balaban J connectivity index is 1.74. The van der Waals surface area contributed by atoms with Gasteiger partial charge in [0.05, 0.1) is 25.6 Å². The van der Waals surface area contributed by atoms with E-state index in [1.54, 1.807) is 0 Å². The molecule has 0 aliphatic carbocycles. The number of nitrogens with zero attached hydrogens (tertiary/aromatic N) is 5. The van der Waals surface area contributed by atoms with Gasteiger partial charge in [-0.05, 0) is 12.5 Å². The molecular formula is C18H15F8N5O2. The number of likely N-dealkylation sites (tertiary alicyclic amines) is 1. The molecule has 0 saturated carbocycles. The molecule has 1 amide bonds. The first-order chi connectivity index (χ1) is 15.3. The van der Waals surface area contributed by atoms with Crippen molar-refractivity contribution in [3.63, 3.8) is 0 Å². The van der Waals surface area contributed by atoms with Crippen LogP contribution in [0.15, 0.2) is 17.1 Å². The van der Waals surface area contributed by atoms with Crippen molar-refractivity contribution < 1.29 is 39.9 Å². The third kappa shape index (κ3) is 4.08. The fourth-order valence-corrected chi connectivity index (χ4v) is 4.02. The Morgan fingerprint density at radius 3 is 2.39 bits per heavy atom. The van der Waals surface area contributed by atoms with Crippen LogP contribution in [0.4, 0.5) is 35.1 Å². The lowest BCUT2D eigenvalue weighted by Crippen LogP contribution is -2.57. The number of alkyl halides is 7.